The van der Waals surface area contributed by atoms with Gasteiger partial charge in [0.1, 0.15) is 6.54 Å². The fraction of sp³-hybridized carbons (Fsp3) is 0.188. The fourth-order valence-corrected chi connectivity index (χ4v) is 2.34. The van der Waals surface area contributed by atoms with Crippen molar-refractivity contribution in [2.45, 2.75) is 20.0 Å². The first kappa shape index (κ1) is 16.4. The molecule has 25 heavy (non-hydrogen) atoms. The van der Waals surface area contributed by atoms with Gasteiger partial charge in [0.15, 0.2) is 5.82 Å². The van der Waals surface area contributed by atoms with E-state index in [1.807, 2.05) is 31.2 Å². The lowest BCUT2D eigenvalue weighted by atomic mass is 10.1. The molecule has 128 valence electrons. The molecule has 0 aliphatic rings. The number of rotatable bonds is 6. The SMILES string of the molecule is Cc1ccccc1Cn1ccc(NC(=O)Cn2ccc([N+](=O)[O-])n2)n1. The third kappa shape index (κ3) is 4.08. The van der Waals surface area contributed by atoms with Gasteiger partial charge >= 0.3 is 5.82 Å². The maximum absolute atomic E-state index is 12.0. The van der Waals surface area contributed by atoms with Crippen molar-refractivity contribution in [1.82, 2.24) is 19.6 Å². The molecular formula is C16H16N6O3. The Bertz CT molecular complexity index is 914. The lowest BCUT2D eigenvalue weighted by Gasteiger charge is -2.05. The minimum atomic E-state index is -0.609. The molecule has 0 saturated heterocycles. The average Bonchev–Trinajstić information content (AvgIpc) is 3.19. The summed E-state index contributed by atoms with van der Waals surface area (Å²) in [4.78, 5) is 22.0. The van der Waals surface area contributed by atoms with Crippen LogP contribution < -0.4 is 5.32 Å². The molecule has 0 aliphatic carbocycles. The lowest BCUT2D eigenvalue weighted by Crippen LogP contribution is -2.19. The Balaban J connectivity index is 1.59. The zero-order valence-corrected chi connectivity index (χ0v) is 13.5. The molecule has 1 N–H and O–H groups in total. The number of nitro groups is 1. The second-order valence-corrected chi connectivity index (χ2v) is 5.50. The standard InChI is InChI=1S/C16H16N6O3/c1-12-4-2-3-5-13(12)10-20-8-6-14(18-20)17-16(23)11-21-9-7-15(19-21)22(24)25/h2-9H,10-11H2,1H3,(H,17,18,23). The van der Waals surface area contributed by atoms with Gasteiger partial charge in [-0.2, -0.15) is 9.78 Å². The number of hydrogen-bond acceptors (Lipinski definition) is 5. The van der Waals surface area contributed by atoms with Gasteiger partial charge in [0.05, 0.1) is 23.9 Å². The van der Waals surface area contributed by atoms with Gasteiger partial charge in [-0.05, 0) is 23.0 Å². The van der Waals surface area contributed by atoms with Crippen molar-refractivity contribution in [3.8, 4) is 0 Å². The van der Waals surface area contributed by atoms with Gasteiger partial charge in [-0.25, -0.2) is 0 Å². The number of benzene rings is 1. The summed E-state index contributed by atoms with van der Waals surface area (Å²) in [6, 6.07) is 10.9. The van der Waals surface area contributed by atoms with E-state index in [0.717, 1.165) is 5.56 Å². The molecule has 0 spiro atoms. The molecular weight excluding hydrogens is 324 g/mol. The van der Waals surface area contributed by atoms with Crippen LogP contribution in [-0.4, -0.2) is 30.4 Å². The van der Waals surface area contributed by atoms with Crippen molar-refractivity contribution in [3.05, 3.63) is 70.0 Å². The highest BCUT2D eigenvalue weighted by Gasteiger charge is 2.14. The summed E-state index contributed by atoms with van der Waals surface area (Å²) in [7, 11) is 0. The van der Waals surface area contributed by atoms with Crippen molar-refractivity contribution in [1.29, 1.82) is 0 Å². The summed E-state index contributed by atoms with van der Waals surface area (Å²) in [5.74, 6) is -0.241. The van der Waals surface area contributed by atoms with Gasteiger partial charge in [0.2, 0.25) is 5.91 Å². The highest BCUT2D eigenvalue weighted by Crippen LogP contribution is 2.11. The maximum Gasteiger partial charge on any atom is 0.389 e. The molecule has 9 nitrogen and oxygen atoms in total. The van der Waals surface area contributed by atoms with Gasteiger partial charge in [0, 0.05) is 12.3 Å². The van der Waals surface area contributed by atoms with Gasteiger partial charge in [0.25, 0.3) is 0 Å². The average molecular weight is 340 g/mol. The molecule has 0 unspecified atom stereocenters. The van der Waals surface area contributed by atoms with E-state index in [2.05, 4.69) is 15.5 Å². The summed E-state index contributed by atoms with van der Waals surface area (Å²) < 4.78 is 2.94. The van der Waals surface area contributed by atoms with Crippen LogP contribution >= 0.6 is 0 Å². The van der Waals surface area contributed by atoms with Gasteiger partial charge in [-0.1, -0.05) is 24.3 Å². The summed E-state index contributed by atoms with van der Waals surface area (Å²) in [5.41, 5.74) is 2.32. The van der Waals surface area contributed by atoms with Crippen LogP contribution in [0.15, 0.2) is 48.8 Å². The predicted molar refractivity (Wildman–Crippen MR) is 90.0 cm³/mol. The number of hydrogen-bond donors (Lipinski definition) is 1. The van der Waals surface area contributed by atoms with E-state index in [-0.39, 0.29) is 18.3 Å². The molecule has 0 radical (unpaired) electrons. The van der Waals surface area contributed by atoms with E-state index in [1.54, 1.807) is 16.9 Å². The van der Waals surface area contributed by atoms with Gasteiger partial charge in [-0.3, -0.25) is 9.48 Å². The smallest absolute Gasteiger partial charge is 0.358 e. The molecule has 1 aromatic carbocycles. The van der Waals surface area contributed by atoms with E-state index in [0.29, 0.717) is 12.4 Å². The Labute approximate surface area is 143 Å². The third-order valence-electron chi connectivity index (χ3n) is 3.62. The molecule has 0 bridgehead atoms. The summed E-state index contributed by atoms with van der Waals surface area (Å²) in [6.45, 7) is 2.51. The van der Waals surface area contributed by atoms with E-state index in [1.165, 1.54) is 22.5 Å². The number of aryl methyl sites for hydroxylation is 1. The predicted octanol–water partition coefficient (Wildman–Crippen LogP) is 1.98. The molecule has 2 heterocycles. The third-order valence-corrected chi connectivity index (χ3v) is 3.62. The molecule has 0 fully saturated rings. The van der Waals surface area contributed by atoms with Crippen LogP contribution in [0.2, 0.25) is 0 Å². The zero-order chi connectivity index (χ0) is 17.8. The molecule has 3 rings (SSSR count). The Morgan fingerprint density at radius 1 is 1.16 bits per heavy atom. The van der Waals surface area contributed by atoms with Crippen molar-refractivity contribution >= 4 is 17.5 Å². The van der Waals surface area contributed by atoms with Crippen molar-refractivity contribution < 1.29 is 9.72 Å². The van der Waals surface area contributed by atoms with Gasteiger partial charge < -0.3 is 15.4 Å². The number of nitrogens with zero attached hydrogens (tertiary/aromatic N) is 5. The Morgan fingerprint density at radius 2 is 1.92 bits per heavy atom. The molecule has 0 atom stereocenters. The quantitative estimate of drug-likeness (QED) is 0.545. The first-order valence-electron chi connectivity index (χ1n) is 7.57. The Kier molecular flexibility index (Phi) is 4.55. The van der Waals surface area contributed by atoms with Crippen LogP contribution in [0.25, 0.3) is 0 Å². The molecule has 0 saturated carbocycles. The fourth-order valence-electron chi connectivity index (χ4n) is 2.34. The van der Waals surface area contributed by atoms with Crippen LogP contribution in [0.3, 0.4) is 0 Å². The summed E-state index contributed by atoms with van der Waals surface area (Å²) in [5, 5.41) is 21.2. The molecule has 9 heteroatoms. The summed E-state index contributed by atoms with van der Waals surface area (Å²) in [6.07, 6.45) is 3.16. The molecule has 3 aromatic rings. The zero-order valence-electron chi connectivity index (χ0n) is 13.5. The molecule has 0 aliphatic heterocycles. The number of nitrogens with one attached hydrogen (secondary N) is 1. The van der Waals surface area contributed by atoms with E-state index >= 15 is 0 Å². The van der Waals surface area contributed by atoms with E-state index < -0.39 is 4.92 Å². The van der Waals surface area contributed by atoms with E-state index in [9.17, 15) is 14.9 Å². The first-order valence-corrected chi connectivity index (χ1v) is 7.57. The molecule has 1 amide bonds. The highest BCUT2D eigenvalue weighted by atomic mass is 16.6. The highest BCUT2D eigenvalue weighted by molar-refractivity contribution is 5.89. The van der Waals surface area contributed by atoms with Crippen molar-refractivity contribution in [3.63, 3.8) is 0 Å². The first-order chi connectivity index (χ1) is 12.0. The summed E-state index contributed by atoms with van der Waals surface area (Å²) >= 11 is 0. The monoisotopic (exact) mass is 340 g/mol. The number of aromatic nitrogens is 4. The Hall–Kier alpha value is -3.49. The minimum absolute atomic E-state index is 0.126. The number of amides is 1. The van der Waals surface area contributed by atoms with Gasteiger partial charge in [-0.15, -0.1) is 0 Å². The largest absolute Gasteiger partial charge is 0.389 e. The van der Waals surface area contributed by atoms with Crippen LogP contribution in [-0.2, 0) is 17.9 Å². The van der Waals surface area contributed by atoms with Crippen molar-refractivity contribution in [2.24, 2.45) is 0 Å². The van der Waals surface area contributed by atoms with E-state index in [4.69, 9.17) is 0 Å². The van der Waals surface area contributed by atoms with Crippen LogP contribution in [0, 0.1) is 17.0 Å². The lowest BCUT2D eigenvalue weighted by molar-refractivity contribution is -0.389. The second kappa shape index (κ2) is 6.95. The number of carbonyl (C=O) groups is 1. The minimum Gasteiger partial charge on any atom is -0.358 e. The van der Waals surface area contributed by atoms with Crippen LogP contribution in [0.4, 0.5) is 11.6 Å². The Morgan fingerprint density at radius 3 is 2.64 bits per heavy atom. The normalized spacial score (nSPS) is 10.6. The topological polar surface area (TPSA) is 108 Å². The molecule has 2 aromatic heterocycles. The van der Waals surface area contributed by atoms with Crippen LogP contribution in [0.5, 0.6) is 0 Å². The maximum atomic E-state index is 12.0. The number of anilines is 1. The van der Waals surface area contributed by atoms with Crippen molar-refractivity contribution in [2.75, 3.05) is 5.32 Å². The van der Waals surface area contributed by atoms with Crippen LogP contribution in [0.1, 0.15) is 11.1 Å². The number of carbonyl (C=O) groups excluding carboxylic acids is 1. The second-order valence-electron chi connectivity index (χ2n) is 5.50.